The summed E-state index contributed by atoms with van der Waals surface area (Å²) in [6, 6.07) is 0. The van der Waals surface area contributed by atoms with Gasteiger partial charge in [-0.05, 0) is 37.5 Å². The van der Waals surface area contributed by atoms with Gasteiger partial charge in [-0.3, -0.25) is 0 Å². The van der Waals surface area contributed by atoms with Crippen molar-refractivity contribution in [1.29, 1.82) is 0 Å². The van der Waals surface area contributed by atoms with Gasteiger partial charge in [0.15, 0.2) is 0 Å². The summed E-state index contributed by atoms with van der Waals surface area (Å²) in [5.74, 6) is 0. The van der Waals surface area contributed by atoms with Crippen LogP contribution in [0.1, 0.15) is 78.6 Å². The Bertz CT molecular complexity index is 215. The average molecular weight is 255 g/mol. The van der Waals surface area contributed by atoms with Gasteiger partial charge < -0.3 is 10.5 Å². The molecule has 0 aliphatic heterocycles. The first kappa shape index (κ1) is 16.0. The van der Waals surface area contributed by atoms with Crippen molar-refractivity contribution in [2.45, 2.75) is 84.2 Å². The summed E-state index contributed by atoms with van der Waals surface area (Å²) >= 11 is 0. The number of unbranched alkanes of at least 4 members (excludes halogenated alkanes) is 4. The molecule has 1 rings (SSSR count). The van der Waals surface area contributed by atoms with Crippen LogP contribution in [0.4, 0.5) is 0 Å². The van der Waals surface area contributed by atoms with Crippen molar-refractivity contribution in [1.82, 2.24) is 0 Å². The molecule has 1 saturated carbocycles. The van der Waals surface area contributed by atoms with Gasteiger partial charge >= 0.3 is 0 Å². The Morgan fingerprint density at radius 2 is 1.56 bits per heavy atom. The van der Waals surface area contributed by atoms with Gasteiger partial charge in [0, 0.05) is 13.2 Å². The van der Waals surface area contributed by atoms with Crippen LogP contribution >= 0.6 is 0 Å². The second-order valence-corrected chi connectivity index (χ2v) is 6.81. The van der Waals surface area contributed by atoms with Crippen molar-refractivity contribution in [3.8, 4) is 0 Å². The fourth-order valence-electron chi connectivity index (χ4n) is 2.78. The fourth-order valence-corrected chi connectivity index (χ4v) is 2.78. The molecule has 2 N–H and O–H groups in total. The molecule has 18 heavy (non-hydrogen) atoms. The van der Waals surface area contributed by atoms with Crippen LogP contribution in [0, 0.1) is 5.41 Å². The third kappa shape index (κ3) is 5.27. The zero-order chi connectivity index (χ0) is 13.5. The molecule has 2 heteroatoms. The third-order valence-corrected chi connectivity index (χ3v) is 4.54. The molecule has 0 atom stereocenters. The predicted octanol–water partition coefficient (Wildman–Crippen LogP) is 4.27. The van der Waals surface area contributed by atoms with E-state index in [-0.39, 0.29) is 5.60 Å². The van der Waals surface area contributed by atoms with Gasteiger partial charge in [0.25, 0.3) is 0 Å². The minimum Gasteiger partial charge on any atom is -0.374 e. The van der Waals surface area contributed by atoms with E-state index in [1.807, 2.05) is 0 Å². The number of hydrogen-bond donors (Lipinski definition) is 1. The molecule has 0 bridgehead atoms. The summed E-state index contributed by atoms with van der Waals surface area (Å²) in [4.78, 5) is 0. The Labute approximate surface area is 114 Å². The molecular formula is C16H33NO. The second-order valence-electron chi connectivity index (χ2n) is 6.81. The summed E-state index contributed by atoms with van der Waals surface area (Å²) in [6.07, 6.45) is 11.3. The summed E-state index contributed by atoms with van der Waals surface area (Å²) in [7, 11) is 0. The van der Waals surface area contributed by atoms with Crippen LogP contribution in [0.3, 0.4) is 0 Å². The molecule has 0 heterocycles. The average Bonchev–Trinajstić information content (AvgIpc) is 2.36. The highest BCUT2D eigenvalue weighted by molar-refractivity contribution is 4.91. The molecule has 0 unspecified atom stereocenters. The van der Waals surface area contributed by atoms with E-state index in [0.717, 1.165) is 19.4 Å². The predicted molar refractivity (Wildman–Crippen MR) is 78.7 cm³/mol. The van der Waals surface area contributed by atoms with Crippen molar-refractivity contribution < 1.29 is 4.74 Å². The van der Waals surface area contributed by atoms with Gasteiger partial charge in [-0.15, -0.1) is 0 Å². The SMILES string of the molecule is CCCCCCCOC1(CN)CCC(C)(C)CC1. The van der Waals surface area contributed by atoms with Crippen LogP contribution in [-0.2, 0) is 4.74 Å². The highest BCUT2D eigenvalue weighted by atomic mass is 16.5. The van der Waals surface area contributed by atoms with Gasteiger partial charge in [0.2, 0.25) is 0 Å². The first-order valence-electron chi connectivity index (χ1n) is 7.88. The van der Waals surface area contributed by atoms with E-state index in [1.54, 1.807) is 0 Å². The van der Waals surface area contributed by atoms with E-state index in [1.165, 1.54) is 44.9 Å². The Kier molecular flexibility index (Phi) is 6.65. The van der Waals surface area contributed by atoms with Crippen molar-refractivity contribution in [2.24, 2.45) is 11.1 Å². The van der Waals surface area contributed by atoms with Crippen LogP contribution in [-0.4, -0.2) is 18.8 Å². The molecule has 1 aliphatic rings. The summed E-state index contributed by atoms with van der Waals surface area (Å²) in [5.41, 5.74) is 6.45. The standard InChI is InChI=1S/C16H33NO/c1-4-5-6-7-8-13-18-16(14-17)11-9-15(2,3)10-12-16/h4-14,17H2,1-3H3. The molecule has 0 aromatic carbocycles. The molecule has 108 valence electrons. The molecule has 2 nitrogen and oxygen atoms in total. The van der Waals surface area contributed by atoms with E-state index < -0.39 is 0 Å². The number of ether oxygens (including phenoxy) is 1. The maximum Gasteiger partial charge on any atom is 0.0804 e. The summed E-state index contributed by atoms with van der Waals surface area (Å²) < 4.78 is 6.17. The smallest absolute Gasteiger partial charge is 0.0804 e. The van der Waals surface area contributed by atoms with Gasteiger partial charge in [0.05, 0.1) is 5.60 Å². The zero-order valence-corrected chi connectivity index (χ0v) is 12.8. The highest BCUT2D eigenvalue weighted by Crippen LogP contribution is 2.41. The Balaban J connectivity index is 2.21. The normalized spacial score (nSPS) is 22.0. The van der Waals surface area contributed by atoms with Gasteiger partial charge in [-0.1, -0.05) is 46.5 Å². The molecule has 0 aromatic rings. The van der Waals surface area contributed by atoms with Crippen LogP contribution in [0.15, 0.2) is 0 Å². The quantitative estimate of drug-likeness (QED) is 0.657. The maximum absolute atomic E-state index is 6.17. The zero-order valence-electron chi connectivity index (χ0n) is 12.8. The maximum atomic E-state index is 6.17. The molecule has 0 amide bonds. The lowest BCUT2D eigenvalue weighted by molar-refractivity contribution is -0.0822. The van der Waals surface area contributed by atoms with Gasteiger partial charge in [-0.2, -0.15) is 0 Å². The molecular weight excluding hydrogens is 222 g/mol. The van der Waals surface area contributed by atoms with E-state index in [0.29, 0.717) is 12.0 Å². The van der Waals surface area contributed by atoms with E-state index in [9.17, 15) is 0 Å². The van der Waals surface area contributed by atoms with Gasteiger partial charge in [-0.25, -0.2) is 0 Å². The molecule has 0 radical (unpaired) electrons. The Hall–Kier alpha value is -0.0800. The van der Waals surface area contributed by atoms with Crippen molar-refractivity contribution in [3.05, 3.63) is 0 Å². The molecule has 0 saturated heterocycles. The number of nitrogens with two attached hydrogens (primary N) is 1. The first-order chi connectivity index (χ1) is 8.54. The van der Waals surface area contributed by atoms with E-state index in [2.05, 4.69) is 20.8 Å². The lowest BCUT2D eigenvalue weighted by atomic mass is 9.71. The molecule has 1 fully saturated rings. The lowest BCUT2D eigenvalue weighted by Crippen LogP contribution is -2.45. The van der Waals surface area contributed by atoms with Crippen LogP contribution < -0.4 is 5.73 Å². The van der Waals surface area contributed by atoms with E-state index >= 15 is 0 Å². The number of hydrogen-bond acceptors (Lipinski definition) is 2. The largest absolute Gasteiger partial charge is 0.374 e. The molecule has 0 spiro atoms. The number of rotatable bonds is 8. The monoisotopic (exact) mass is 255 g/mol. The first-order valence-corrected chi connectivity index (χ1v) is 7.88. The summed E-state index contributed by atoms with van der Waals surface area (Å²) in [6.45, 7) is 8.57. The Morgan fingerprint density at radius 3 is 2.11 bits per heavy atom. The van der Waals surface area contributed by atoms with Gasteiger partial charge in [0.1, 0.15) is 0 Å². The van der Waals surface area contributed by atoms with E-state index in [4.69, 9.17) is 10.5 Å². The van der Waals surface area contributed by atoms with Crippen LogP contribution in [0.5, 0.6) is 0 Å². The van der Waals surface area contributed by atoms with Crippen LogP contribution in [0.2, 0.25) is 0 Å². The van der Waals surface area contributed by atoms with Crippen molar-refractivity contribution in [2.75, 3.05) is 13.2 Å². The van der Waals surface area contributed by atoms with Crippen molar-refractivity contribution in [3.63, 3.8) is 0 Å². The third-order valence-electron chi connectivity index (χ3n) is 4.54. The lowest BCUT2D eigenvalue weighted by Gasteiger charge is -2.42. The second kappa shape index (κ2) is 7.49. The minimum atomic E-state index is 0.000274. The minimum absolute atomic E-state index is 0.000274. The Morgan fingerprint density at radius 1 is 0.944 bits per heavy atom. The highest BCUT2D eigenvalue weighted by Gasteiger charge is 2.37. The summed E-state index contributed by atoms with van der Waals surface area (Å²) in [5, 5.41) is 0. The molecule has 0 aromatic heterocycles. The molecule has 1 aliphatic carbocycles. The van der Waals surface area contributed by atoms with Crippen molar-refractivity contribution >= 4 is 0 Å². The fraction of sp³-hybridized carbons (Fsp3) is 1.00. The topological polar surface area (TPSA) is 35.2 Å². The van der Waals surface area contributed by atoms with Crippen LogP contribution in [0.25, 0.3) is 0 Å².